The van der Waals surface area contributed by atoms with Gasteiger partial charge < -0.3 is 15.6 Å². The number of halogens is 1. The van der Waals surface area contributed by atoms with E-state index in [1.54, 1.807) is 25.1 Å². The summed E-state index contributed by atoms with van der Waals surface area (Å²) in [6, 6.07) is 7.00. The number of nitrogens with zero attached hydrogens (tertiary/aromatic N) is 2. The Kier molecular flexibility index (Phi) is 4.31. The highest BCUT2D eigenvalue weighted by Crippen LogP contribution is 2.29. The molecule has 0 unspecified atom stereocenters. The minimum Gasteiger partial charge on any atom is -0.398 e. The highest BCUT2D eigenvalue weighted by atomic mass is 35.5. The van der Waals surface area contributed by atoms with Crippen LogP contribution in [-0.4, -0.2) is 16.0 Å². The molecule has 0 aliphatic rings. The van der Waals surface area contributed by atoms with Crippen molar-refractivity contribution in [3.05, 3.63) is 46.1 Å². The summed E-state index contributed by atoms with van der Waals surface area (Å²) in [6.45, 7) is 1.76. The highest BCUT2D eigenvalue weighted by molar-refractivity contribution is 7.13. The molecule has 3 rings (SSSR count). The lowest BCUT2D eigenvalue weighted by Crippen LogP contribution is -2.14. The Morgan fingerprint density at radius 1 is 1.43 bits per heavy atom. The number of amides is 1. The van der Waals surface area contributed by atoms with Crippen molar-refractivity contribution in [1.82, 2.24) is 10.1 Å². The van der Waals surface area contributed by atoms with Crippen LogP contribution in [0.25, 0.3) is 10.6 Å². The molecular weight excluding hydrogens is 336 g/mol. The maximum Gasteiger partial charge on any atom is 0.231 e. The molecule has 0 saturated carbocycles. The van der Waals surface area contributed by atoms with Crippen molar-refractivity contribution < 1.29 is 9.32 Å². The first-order valence-corrected chi connectivity index (χ1v) is 8.00. The standard InChI is InChI=1S/C15H13ClN4O2S/c1-8-4-13(20-22-8)19-14(21)6-10-7-23-15(18-10)9-2-3-11(16)12(17)5-9/h2-5,7H,6,17H2,1H3,(H,19,20,21). The number of carbonyl (C=O) groups is 1. The number of nitrogens with one attached hydrogen (secondary N) is 1. The van der Waals surface area contributed by atoms with Gasteiger partial charge in [0.2, 0.25) is 5.91 Å². The van der Waals surface area contributed by atoms with Crippen molar-refractivity contribution in [1.29, 1.82) is 0 Å². The quantitative estimate of drug-likeness (QED) is 0.703. The van der Waals surface area contributed by atoms with E-state index in [1.807, 2.05) is 11.4 Å². The molecule has 1 amide bonds. The van der Waals surface area contributed by atoms with Crippen LogP contribution in [0.5, 0.6) is 0 Å². The van der Waals surface area contributed by atoms with Crippen molar-refractivity contribution in [3.8, 4) is 10.6 Å². The van der Waals surface area contributed by atoms with Gasteiger partial charge in [0, 0.05) is 17.0 Å². The molecule has 0 spiro atoms. The summed E-state index contributed by atoms with van der Waals surface area (Å²) < 4.78 is 4.90. The van der Waals surface area contributed by atoms with Crippen LogP contribution in [0.2, 0.25) is 5.02 Å². The molecule has 6 nitrogen and oxygen atoms in total. The van der Waals surface area contributed by atoms with Gasteiger partial charge in [0.25, 0.3) is 0 Å². The van der Waals surface area contributed by atoms with Gasteiger partial charge in [-0.15, -0.1) is 11.3 Å². The molecule has 8 heteroatoms. The third kappa shape index (κ3) is 3.69. The van der Waals surface area contributed by atoms with Gasteiger partial charge >= 0.3 is 0 Å². The van der Waals surface area contributed by atoms with Gasteiger partial charge in [-0.1, -0.05) is 22.8 Å². The monoisotopic (exact) mass is 348 g/mol. The summed E-state index contributed by atoms with van der Waals surface area (Å²) >= 11 is 7.36. The summed E-state index contributed by atoms with van der Waals surface area (Å²) in [5, 5.41) is 9.51. The minimum absolute atomic E-state index is 0.158. The largest absolute Gasteiger partial charge is 0.398 e. The van der Waals surface area contributed by atoms with Crippen molar-refractivity contribution in [3.63, 3.8) is 0 Å². The van der Waals surface area contributed by atoms with Gasteiger partial charge in [-0.3, -0.25) is 4.79 Å². The molecule has 0 aliphatic carbocycles. The molecule has 2 aromatic heterocycles. The second kappa shape index (κ2) is 6.39. The zero-order valence-corrected chi connectivity index (χ0v) is 13.7. The third-order valence-corrected chi connectivity index (χ3v) is 4.32. The predicted octanol–water partition coefficient (Wildman–Crippen LogP) is 3.52. The van der Waals surface area contributed by atoms with E-state index in [-0.39, 0.29) is 12.3 Å². The van der Waals surface area contributed by atoms with Gasteiger partial charge in [0.15, 0.2) is 5.82 Å². The SMILES string of the molecule is Cc1cc(NC(=O)Cc2csc(-c3ccc(Cl)c(N)c3)n2)no1. The zero-order chi connectivity index (χ0) is 16.4. The van der Waals surface area contributed by atoms with E-state index in [0.29, 0.717) is 28.0 Å². The van der Waals surface area contributed by atoms with Gasteiger partial charge in [-0.2, -0.15) is 0 Å². The number of hydrogen-bond acceptors (Lipinski definition) is 6. The number of nitrogens with two attached hydrogens (primary N) is 1. The van der Waals surface area contributed by atoms with Crippen molar-refractivity contribution in [2.24, 2.45) is 0 Å². The van der Waals surface area contributed by atoms with E-state index in [2.05, 4.69) is 15.5 Å². The molecule has 3 aromatic rings. The van der Waals surface area contributed by atoms with Crippen LogP contribution in [0.3, 0.4) is 0 Å². The topological polar surface area (TPSA) is 94.0 Å². The summed E-state index contributed by atoms with van der Waals surface area (Å²) in [7, 11) is 0. The first-order valence-electron chi connectivity index (χ1n) is 6.74. The van der Waals surface area contributed by atoms with Gasteiger partial charge in [0.05, 0.1) is 22.8 Å². The lowest BCUT2D eigenvalue weighted by Gasteiger charge is -2.01. The van der Waals surface area contributed by atoms with Crippen LogP contribution in [-0.2, 0) is 11.2 Å². The molecule has 0 saturated heterocycles. The fraction of sp³-hybridized carbons (Fsp3) is 0.133. The average Bonchev–Trinajstić information content (AvgIpc) is 3.11. The Morgan fingerprint density at radius 2 is 2.26 bits per heavy atom. The molecule has 3 N–H and O–H groups in total. The molecule has 0 radical (unpaired) electrons. The van der Waals surface area contributed by atoms with Gasteiger partial charge in [-0.25, -0.2) is 4.98 Å². The van der Waals surface area contributed by atoms with Crippen LogP contribution in [0.15, 0.2) is 34.2 Å². The van der Waals surface area contributed by atoms with Crippen molar-refractivity contribution >= 4 is 40.4 Å². The van der Waals surface area contributed by atoms with Gasteiger partial charge in [0.1, 0.15) is 10.8 Å². The van der Waals surface area contributed by atoms with Crippen LogP contribution >= 0.6 is 22.9 Å². The van der Waals surface area contributed by atoms with Crippen LogP contribution < -0.4 is 11.1 Å². The third-order valence-electron chi connectivity index (χ3n) is 3.03. The molecular formula is C15H13ClN4O2S. The summed E-state index contributed by atoms with van der Waals surface area (Å²) in [5.74, 6) is 0.829. The molecule has 0 fully saturated rings. The fourth-order valence-electron chi connectivity index (χ4n) is 1.97. The Hall–Kier alpha value is -2.38. The number of rotatable bonds is 4. The Bertz CT molecular complexity index is 859. The zero-order valence-electron chi connectivity index (χ0n) is 12.2. The molecule has 0 aliphatic heterocycles. The number of hydrogen-bond donors (Lipinski definition) is 2. The van der Waals surface area contributed by atoms with E-state index < -0.39 is 0 Å². The molecule has 1 aromatic carbocycles. The molecule has 0 atom stereocenters. The number of nitrogen functional groups attached to an aromatic ring is 1. The molecule has 118 valence electrons. The lowest BCUT2D eigenvalue weighted by molar-refractivity contribution is -0.115. The fourth-order valence-corrected chi connectivity index (χ4v) is 2.91. The first kappa shape index (κ1) is 15.5. The summed E-state index contributed by atoms with van der Waals surface area (Å²) in [4.78, 5) is 16.4. The first-order chi connectivity index (χ1) is 11.0. The molecule has 0 bridgehead atoms. The van der Waals surface area contributed by atoms with E-state index in [4.69, 9.17) is 21.9 Å². The van der Waals surface area contributed by atoms with Crippen molar-refractivity contribution in [2.45, 2.75) is 13.3 Å². The lowest BCUT2D eigenvalue weighted by atomic mass is 10.2. The van der Waals surface area contributed by atoms with Crippen LogP contribution in [0, 0.1) is 6.92 Å². The van der Waals surface area contributed by atoms with E-state index in [1.165, 1.54) is 11.3 Å². The Balaban J connectivity index is 1.69. The Labute approximate surface area is 141 Å². The number of anilines is 2. The van der Waals surface area contributed by atoms with E-state index in [9.17, 15) is 4.79 Å². The molecule has 23 heavy (non-hydrogen) atoms. The van der Waals surface area contributed by atoms with Gasteiger partial charge in [-0.05, 0) is 19.1 Å². The number of aromatic nitrogens is 2. The van der Waals surface area contributed by atoms with Crippen LogP contribution in [0.1, 0.15) is 11.5 Å². The maximum atomic E-state index is 12.0. The number of thiazole rings is 1. The maximum absolute atomic E-state index is 12.0. The summed E-state index contributed by atoms with van der Waals surface area (Å²) in [6.07, 6.45) is 0.158. The highest BCUT2D eigenvalue weighted by Gasteiger charge is 2.11. The second-order valence-corrected chi connectivity index (χ2v) is 6.19. The number of carbonyl (C=O) groups excluding carboxylic acids is 1. The van der Waals surface area contributed by atoms with E-state index in [0.717, 1.165) is 10.6 Å². The smallest absolute Gasteiger partial charge is 0.231 e. The predicted molar refractivity (Wildman–Crippen MR) is 90.5 cm³/mol. The Morgan fingerprint density at radius 3 is 2.96 bits per heavy atom. The number of aryl methyl sites for hydroxylation is 1. The normalized spacial score (nSPS) is 10.7. The van der Waals surface area contributed by atoms with Crippen LogP contribution in [0.4, 0.5) is 11.5 Å². The average molecular weight is 349 g/mol. The van der Waals surface area contributed by atoms with E-state index >= 15 is 0 Å². The minimum atomic E-state index is -0.203. The number of benzene rings is 1. The molecule has 2 heterocycles. The summed E-state index contributed by atoms with van der Waals surface area (Å²) in [5.41, 5.74) is 7.85. The van der Waals surface area contributed by atoms with Crippen molar-refractivity contribution in [2.75, 3.05) is 11.1 Å². The second-order valence-electron chi connectivity index (χ2n) is 4.93.